The van der Waals surface area contributed by atoms with E-state index in [0.717, 1.165) is 0 Å². The molecular formula is C14H16ClN3O4S. The number of amides is 1. The van der Waals surface area contributed by atoms with Crippen molar-refractivity contribution >= 4 is 39.1 Å². The predicted octanol–water partition coefficient (Wildman–Crippen LogP) is 2.66. The molecule has 0 aliphatic rings. The molecule has 0 aliphatic heterocycles. The highest BCUT2D eigenvalue weighted by molar-refractivity contribution is 7.92. The van der Waals surface area contributed by atoms with Crippen LogP contribution in [0.3, 0.4) is 0 Å². The van der Waals surface area contributed by atoms with Gasteiger partial charge in [-0.3, -0.25) is 4.79 Å². The molecule has 7 nitrogen and oxygen atoms in total. The van der Waals surface area contributed by atoms with E-state index in [4.69, 9.17) is 16.1 Å². The number of halogens is 1. The number of carbonyl (C=O) groups excluding carboxylic acids is 1. The fourth-order valence-electron chi connectivity index (χ4n) is 1.72. The van der Waals surface area contributed by atoms with Gasteiger partial charge in [-0.15, -0.1) is 11.6 Å². The molecule has 1 heterocycles. The molecule has 23 heavy (non-hydrogen) atoms. The van der Waals surface area contributed by atoms with Crippen molar-refractivity contribution in [1.29, 1.82) is 0 Å². The number of anilines is 2. The lowest BCUT2D eigenvalue weighted by molar-refractivity contribution is -0.115. The maximum Gasteiger partial charge on any atom is 0.264 e. The van der Waals surface area contributed by atoms with Gasteiger partial charge in [0, 0.05) is 23.6 Å². The largest absolute Gasteiger partial charge is 0.337 e. The molecule has 1 aromatic carbocycles. The van der Waals surface area contributed by atoms with Crippen LogP contribution >= 0.6 is 11.6 Å². The van der Waals surface area contributed by atoms with E-state index in [0.29, 0.717) is 16.9 Å². The Bertz CT molecular complexity index is 800. The Labute approximate surface area is 139 Å². The van der Waals surface area contributed by atoms with Gasteiger partial charge in [-0.2, -0.15) is 0 Å². The summed E-state index contributed by atoms with van der Waals surface area (Å²) in [5.74, 6) is 0.0709. The lowest BCUT2D eigenvalue weighted by Gasteiger charge is -2.08. The van der Waals surface area contributed by atoms with Crippen molar-refractivity contribution in [3.63, 3.8) is 0 Å². The monoisotopic (exact) mass is 357 g/mol. The quantitative estimate of drug-likeness (QED) is 0.774. The smallest absolute Gasteiger partial charge is 0.264 e. The minimum Gasteiger partial charge on any atom is -0.337 e. The number of benzene rings is 1. The molecule has 0 radical (unpaired) electrons. The van der Waals surface area contributed by atoms with Crippen LogP contribution in [0.5, 0.6) is 0 Å². The molecule has 2 aromatic rings. The third-order valence-corrected chi connectivity index (χ3v) is 4.69. The molecule has 1 amide bonds. The molecule has 2 rings (SSSR count). The summed E-state index contributed by atoms with van der Waals surface area (Å²) in [6.07, 6.45) is 0.188. The van der Waals surface area contributed by atoms with Gasteiger partial charge in [0.15, 0.2) is 0 Å². The Morgan fingerprint density at radius 2 is 1.91 bits per heavy atom. The number of nitrogens with one attached hydrogen (secondary N) is 2. The number of hydrogen-bond donors (Lipinski definition) is 2. The minimum absolute atomic E-state index is 0.0429. The average Bonchev–Trinajstić information content (AvgIpc) is 2.79. The Morgan fingerprint density at radius 1 is 1.26 bits per heavy atom. The molecule has 0 unspecified atom stereocenters. The Kier molecular flexibility index (Phi) is 5.27. The van der Waals surface area contributed by atoms with E-state index in [2.05, 4.69) is 15.2 Å². The van der Waals surface area contributed by atoms with E-state index in [1.807, 2.05) is 0 Å². The molecule has 1 aromatic heterocycles. The average molecular weight is 358 g/mol. The first-order chi connectivity index (χ1) is 10.8. The van der Waals surface area contributed by atoms with E-state index >= 15 is 0 Å². The summed E-state index contributed by atoms with van der Waals surface area (Å²) < 4.78 is 31.9. The van der Waals surface area contributed by atoms with Crippen molar-refractivity contribution < 1.29 is 17.7 Å². The number of aryl methyl sites for hydroxylation is 1. The first-order valence-electron chi connectivity index (χ1n) is 6.75. The molecule has 9 heteroatoms. The summed E-state index contributed by atoms with van der Waals surface area (Å²) in [4.78, 5) is 11.5. The van der Waals surface area contributed by atoms with Crippen molar-refractivity contribution in [3.8, 4) is 0 Å². The molecule has 124 valence electrons. The summed E-state index contributed by atoms with van der Waals surface area (Å²) >= 11 is 5.48. The summed E-state index contributed by atoms with van der Waals surface area (Å²) in [5.41, 5.74) is 1.73. The second-order valence-electron chi connectivity index (χ2n) is 4.84. The third-order valence-electron chi connectivity index (χ3n) is 3.15. The van der Waals surface area contributed by atoms with Gasteiger partial charge in [0.1, 0.15) is 0 Å². The van der Waals surface area contributed by atoms with Crippen molar-refractivity contribution in [1.82, 2.24) is 5.16 Å². The van der Waals surface area contributed by atoms with Gasteiger partial charge in [0.05, 0.1) is 10.6 Å². The molecule has 0 aliphatic carbocycles. The topological polar surface area (TPSA) is 101 Å². The van der Waals surface area contributed by atoms with Gasteiger partial charge in [-0.1, -0.05) is 5.16 Å². The molecule has 2 N–H and O–H groups in total. The molecule has 0 spiro atoms. The van der Waals surface area contributed by atoms with Crippen LogP contribution in [0.15, 0.2) is 33.7 Å². The molecule has 0 saturated heterocycles. The first kappa shape index (κ1) is 17.3. The molecule has 0 bridgehead atoms. The number of rotatable bonds is 6. The second-order valence-corrected chi connectivity index (χ2v) is 6.90. The standard InChI is InChI=1S/C14H16ClN3O4S/c1-9-10(2)17-22-14(9)18-23(20,21)12-5-3-11(4-6-12)16-13(19)7-8-15/h3-6,18H,7-8H2,1-2H3,(H,16,19). The van der Waals surface area contributed by atoms with Gasteiger partial charge >= 0.3 is 0 Å². The highest BCUT2D eigenvalue weighted by Crippen LogP contribution is 2.22. The van der Waals surface area contributed by atoms with Crippen LogP contribution in [-0.4, -0.2) is 25.4 Å². The lowest BCUT2D eigenvalue weighted by Crippen LogP contribution is -2.14. The van der Waals surface area contributed by atoms with Crippen molar-refractivity contribution in [3.05, 3.63) is 35.5 Å². The summed E-state index contributed by atoms with van der Waals surface area (Å²) in [6, 6.07) is 5.77. The Balaban J connectivity index is 2.14. The molecular weight excluding hydrogens is 342 g/mol. The molecule has 0 saturated carbocycles. The first-order valence-corrected chi connectivity index (χ1v) is 8.77. The predicted molar refractivity (Wildman–Crippen MR) is 87.2 cm³/mol. The van der Waals surface area contributed by atoms with Crippen molar-refractivity contribution in [2.24, 2.45) is 0 Å². The highest BCUT2D eigenvalue weighted by Gasteiger charge is 2.19. The van der Waals surface area contributed by atoms with E-state index < -0.39 is 10.0 Å². The van der Waals surface area contributed by atoms with Crippen molar-refractivity contribution in [2.75, 3.05) is 15.9 Å². The second kappa shape index (κ2) is 7.01. The van der Waals surface area contributed by atoms with Crippen LogP contribution in [0.1, 0.15) is 17.7 Å². The van der Waals surface area contributed by atoms with Gasteiger partial charge < -0.3 is 9.84 Å². The van der Waals surface area contributed by atoms with E-state index in [1.54, 1.807) is 13.8 Å². The maximum atomic E-state index is 12.3. The van der Waals surface area contributed by atoms with Crippen LogP contribution in [0.2, 0.25) is 0 Å². The van der Waals surface area contributed by atoms with Gasteiger partial charge in [0.2, 0.25) is 11.8 Å². The number of alkyl halides is 1. The highest BCUT2D eigenvalue weighted by atomic mass is 35.5. The van der Waals surface area contributed by atoms with Gasteiger partial charge in [-0.25, -0.2) is 13.1 Å². The normalized spacial score (nSPS) is 11.3. The van der Waals surface area contributed by atoms with Crippen LogP contribution in [0.25, 0.3) is 0 Å². The fraction of sp³-hybridized carbons (Fsp3) is 0.286. The maximum absolute atomic E-state index is 12.3. The zero-order chi connectivity index (χ0) is 17.0. The fourth-order valence-corrected chi connectivity index (χ4v) is 2.94. The van der Waals surface area contributed by atoms with E-state index in [1.165, 1.54) is 24.3 Å². The summed E-state index contributed by atoms with van der Waals surface area (Å²) in [7, 11) is -3.80. The number of hydrogen-bond acceptors (Lipinski definition) is 5. The number of nitrogens with zero attached hydrogens (tertiary/aromatic N) is 1. The van der Waals surface area contributed by atoms with Crippen LogP contribution < -0.4 is 10.0 Å². The van der Waals surface area contributed by atoms with Crippen LogP contribution in [-0.2, 0) is 14.8 Å². The summed E-state index contributed by atoms with van der Waals surface area (Å²) in [5, 5.41) is 6.31. The van der Waals surface area contributed by atoms with Gasteiger partial charge in [0.25, 0.3) is 10.0 Å². The van der Waals surface area contributed by atoms with Gasteiger partial charge in [-0.05, 0) is 38.1 Å². The zero-order valence-corrected chi connectivity index (χ0v) is 14.2. The SMILES string of the molecule is Cc1noc(NS(=O)(=O)c2ccc(NC(=O)CCCl)cc2)c1C. The Hall–Kier alpha value is -2.06. The van der Waals surface area contributed by atoms with E-state index in [9.17, 15) is 13.2 Å². The summed E-state index contributed by atoms with van der Waals surface area (Å²) in [6.45, 7) is 3.42. The molecule has 0 fully saturated rings. The third kappa shape index (κ3) is 4.23. The Morgan fingerprint density at radius 3 is 2.43 bits per heavy atom. The van der Waals surface area contributed by atoms with E-state index in [-0.39, 0.29) is 29.0 Å². The molecule has 0 atom stereocenters. The van der Waals surface area contributed by atoms with Crippen LogP contribution in [0.4, 0.5) is 11.6 Å². The number of carbonyl (C=O) groups is 1. The zero-order valence-electron chi connectivity index (χ0n) is 12.6. The number of aromatic nitrogens is 1. The van der Waals surface area contributed by atoms with Crippen LogP contribution in [0, 0.1) is 13.8 Å². The number of sulfonamides is 1. The lowest BCUT2D eigenvalue weighted by atomic mass is 10.3. The minimum atomic E-state index is -3.80. The van der Waals surface area contributed by atoms with Crippen molar-refractivity contribution in [2.45, 2.75) is 25.2 Å².